The van der Waals surface area contributed by atoms with Crippen LogP contribution in [0.5, 0.6) is 0 Å². The molecule has 0 aromatic heterocycles. The molecule has 1 aliphatic rings. The molecule has 1 aliphatic heterocycles. The van der Waals surface area contributed by atoms with Gasteiger partial charge in [-0.15, -0.1) is 0 Å². The predicted molar refractivity (Wildman–Crippen MR) is 148 cm³/mol. The maximum absolute atomic E-state index is 2.62. The Bertz CT molecular complexity index is 582. The van der Waals surface area contributed by atoms with Gasteiger partial charge >= 0.3 is 0 Å². The van der Waals surface area contributed by atoms with E-state index in [1.165, 1.54) is 134 Å². The summed E-state index contributed by atoms with van der Waals surface area (Å²) in [6, 6.07) is 11.0. The van der Waals surface area contributed by atoms with Gasteiger partial charge in [-0.25, -0.2) is 0 Å². The summed E-state index contributed by atoms with van der Waals surface area (Å²) in [5.41, 5.74) is 1.33. The third kappa shape index (κ3) is 12.0. The van der Waals surface area contributed by atoms with Crippen LogP contribution in [0.15, 0.2) is 42.7 Å². The number of hydrogen-bond donors (Lipinski definition) is 0. The molecule has 2 rings (SSSR count). The SMILES string of the molecule is CCCCCCCCCCCCCCCN1C=CN(c2ccccc2)C1CCCCCCC. The molecule has 1 heterocycles. The number of nitrogens with zero attached hydrogens (tertiary/aromatic N) is 2. The topological polar surface area (TPSA) is 6.48 Å². The molecule has 33 heavy (non-hydrogen) atoms. The summed E-state index contributed by atoms with van der Waals surface area (Å²) in [5.74, 6) is 0. The van der Waals surface area contributed by atoms with Crippen molar-refractivity contribution in [1.29, 1.82) is 0 Å². The van der Waals surface area contributed by atoms with Crippen LogP contribution in [0, 0.1) is 0 Å². The van der Waals surface area contributed by atoms with Crippen molar-refractivity contribution >= 4 is 5.69 Å². The first-order valence-electron chi connectivity index (χ1n) is 14.6. The Morgan fingerprint density at radius 2 is 1.03 bits per heavy atom. The average molecular weight is 455 g/mol. The molecule has 2 nitrogen and oxygen atoms in total. The van der Waals surface area contributed by atoms with E-state index in [-0.39, 0.29) is 0 Å². The van der Waals surface area contributed by atoms with Crippen LogP contribution in [0.3, 0.4) is 0 Å². The smallest absolute Gasteiger partial charge is 0.105 e. The van der Waals surface area contributed by atoms with Crippen LogP contribution in [0.1, 0.15) is 136 Å². The highest BCUT2D eigenvalue weighted by atomic mass is 15.4. The van der Waals surface area contributed by atoms with Gasteiger partial charge in [-0.1, -0.05) is 135 Å². The first kappa shape index (κ1) is 27.8. The minimum absolute atomic E-state index is 0.506. The van der Waals surface area contributed by atoms with E-state index in [1.807, 2.05) is 0 Å². The van der Waals surface area contributed by atoms with Crippen LogP contribution in [0.2, 0.25) is 0 Å². The second-order valence-electron chi connectivity index (χ2n) is 10.2. The number of unbranched alkanes of at least 4 members (excludes halogenated alkanes) is 16. The molecule has 0 saturated carbocycles. The monoisotopic (exact) mass is 454 g/mol. The Hall–Kier alpha value is -1.44. The molecular formula is C31H54N2. The highest BCUT2D eigenvalue weighted by molar-refractivity contribution is 5.51. The van der Waals surface area contributed by atoms with Gasteiger partial charge in [0, 0.05) is 24.6 Å². The summed E-state index contributed by atoms with van der Waals surface area (Å²) >= 11 is 0. The Labute approximate surface area is 206 Å². The van der Waals surface area contributed by atoms with Gasteiger partial charge < -0.3 is 9.80 Å². The van der Waals surface area contributed by atoms with E-state index < -0.39 is 0 Å². The fourth-order valence-electron chi connectivity index (χ4n) is 5.15. The lowest BCUT2D eigenvalue weighted by molar-refractivity contribution is 0.273. The van der Waals surface area contributed by atoms with E-state index >= 15 is 0 Å². The van der Waals surface area contributed by atoms with Gasteiger partial charge in [-0.3, -0.25) is 0 Å². The summed E-state index contributed by atoms with van der Waals surface area (Å²) in [6.45, 7) is 5.81. The molecule has 0 spiro atoms. The fraction of sp³-hybridized carbons (Fsp3) is 0.742. The molecule has 0 bridgehead atoms. The van der Waals surface area contributed by atoms with Gasteiger partial charge in [0.1, 0.15) is 6.17 Å². The van der Waals surface area contributed by atoms with E-state index in [1.54, 1.807) is 0 Å². The van der Waals surface area contributed by atoms with Crippen molar-refractivity contribution in [2.45, 2.75) is 142 Å². The molecule has 1 unspecified atom stereocenters. The minimum Gasteiger partial charge on any atom is -0.356 e. The second kappa shape index (κ2) is 18.9. The molecule has 0 amide bonds. The summed E-state index contributed by atoms with van der Waals surface area (Å²) in [5, 5.41) is 0. The first-order valence-corrected chi connectivity index (χ1v) is 14.6. The van der Waals surface area contributed by atoms with Crippen molar-refractivity contribution in [1.82, 2.24) is 4.90 Å². The van der Waals surface area contributed by atoms with Crippen molar-refractivity contribution in [2.24, 2.45) is 0 Å². The molecule has 0 N–H and O–H groups in total. The van der Waals surface area contributed by atoms with Gasteiger partial charge in [0.05, 0.1) is 0 Å². The number of para-hydroxylation sites is 1. The number of hydrogen-bond acceptors (Lipinski definition) is 2. The molecule has 0 fully saturated rings. The number of anilines is 1. The molecule has 1 atom stereocenters. The van der Waals surface area contributed by atoms with Crippen LogP contribution in [-0.2, 0) is 0 Å². The summed E-state index contributed by atoms with van der Waals surface area (Å²) in [7, 11) is 0. The molecule has 1 aromatic carbocycles. The van der Waals surface area contributed by atoms with Gasteiger partial charge in [0.25, 0.3) is 0 Å². The highest BCUT2D eigenvalue weighted by Gasteiger charge is 2.26. The predicted octanol–water partition coefficient (Wildman–Crippen LogP) is 10.1. The third-order valence-electron chi connectivity index (χ3n) is 7.26. The van der Waals surface area contributed by atoms with Crippen molar-refractivity contribution in [3.05, 3.63) is 42.7 Å². The summed E-state index contributed by atoms with van der Waals surface area (Å²) in [6.07, 6.45) is 31.8. The van der Waals surface area contributed by atoms with Crippen molar-refractivity contribution in [2.75, 3.05) is 11.4 Å². The third-order valence-corrected chi connectivity index (χ3v) is 7.26. The van der Waals surface area contributed by atoms with Gasteiger partial charge in [-0.2, -0.15) is 0 Å². The van der Waals surface area contributed by atoms with Gasteiger partial charge in [-0.05, 0) is 31.4 Å². The molecule has 0 aliphatic carbocycles. The highest BCUT2D eigenvalue weighted by Crippen LogP contribution is 2.28. The normalized spacial score (nSPS) is 15.6. The van der Waals surface area contributed by atoms with Crippen molar-refractivity contribution in [3.63, 3.8) is 0 Å². The van der Waals surface area contributed by atoms with E-state index in [4.69, 9.17) is 0 Å². The lowest BCUT2D eigenvalue weighted by Gasteiger charge is -2.33. The van der Waals surface area contributed by atoms with Crippen LogP contribution in [0.25, 0.3) is 0 Å². The van der Waals surface area contributed by atoms with Crippen LogP contribution >= 0.6 is 0 Å². The molecular weight excluding hydrogens is 400 g/mol. The second-order valence-corrected chi connectivity index (χ2v) is 10.2. The van der Waals surface area contributed by atoms with Crippen LogP contribution < -0.4 is 4.90 Å². The summed E-state index contributed by atoms with van der Waals surface area (Å²) < 4.78 is 0. The quantitative estimate of drug-likeness (QED) is 0.170. The Kier molecular flexibility index (Phi) is 15.9. The van der Waals surface area contributed by atoms with Gasteiger partial charge in [0.15, 0.2) is 0 Å². The van der Waals surface area contributed by atoms with Crippen LogP contribution in [0.4, 0.5) is 5.69 Å². The van der Waals surface area contributed by atoms with E-state index in [2.05, 4.69) is 66.4 Å². The molecule has 188 valence electrons. The Balaban J connectivity index is 1.59. The summed E-state index contributed by atoms with van der Waals surface area (Å²) in [4.78, 5) is 5.12. The molecule has 1 aromatic rings. The average Bonchev–Trinajstić information content (AvgIpc) is 3.25. The van der Waals surface area contributed by atoms with E-state index in [9.17, 15) is 0 Å². The largest absolute Gasteiger partial charge is 0.356 e. The molecule has 0 saturated heterocycles. The lowest BCUT2D eigenvalue weighted by atomic mass is 10.0. The number of benzene rings is 1. The Morgan fingerprint density at radius 1 is 0.545 bits per heavy atom. The zero-order valence-corrected chi connectivity index (χ0v) is 22.2. The Morgan fingerprint density at radius 3 is 1.58 bits per heavy atom. The van der Waals surface area contributed by atoms with E-state index in [0.29, 0.717) is 6.17 Å². The van der Waals surface area contributed by atoms with Crippen molar-refractivity contribution in [3.8, 4) is 0 Å². The number of rotatable bonds is 21. The molecule has 2 heteroatoms. The van der Waals surface area contributed by atoms with Crippen molar-refractivity contribution < 1.29 is 0 Å². The lowest BCUT2D eigenvalue weighted by Crippen LogP contribution is -2.39. The molecule has 0 radical (unpaired) electrons. The minimum atomic E-state index is 0.506. The van der Waals surface area contributed by atoms with Crippen LogP contribution in [-0.4, -0.2) is 17.6 Å². The van der Waals surface area contributed by atoms with E-state index in [0.717, 1.165) is 0 Å². The fourth-order valence-corrected chi connectivity index (χ4v) is 5.15. The maximum atomic E-state index is 2.62. The van der Waals surface area contributed by atoms with Gasteiger partial charge in [0.2, 0.25) is 0 Å². The zero-order chi connectivity index (χ0) is 23.4. The first-order chi connectivity index (χ1) is 16.4. The standard InChI is InChI=1S/C31H54N2/c1-3-5-7-9-10-11-12-13-14-15-16-18-23-27-32-28-29-33(30-24-20-19-21-25-30)31(32)26-22-17-8-6-4-2/h19-21,24-25,28-29,31H,3-18,22-23,26-27H2,1-2H3. The maximum Gasteiger partial charge on any atom is 0.105 e. The zero-order valence-electron chi connectivity index (χ0n) is 22.2.